The molecule has 0 aliphatic carbocycles. The van der Waals surface area contributed by atoms with Crippen molar-refractivity contribution in [3.05, 3.63) is 34.3 Å². The molecule has 3 heteroatoms. The average Bonchev–Trinajstić information content (AvgIpc) is 2.31. The molecule has 0 amide bonds. The van der Waals surface area contributed by atoms with E-state index in [1.807, 2.05) is 0 Å². The quantitative estimate of drug-likeness (QED) is 0.911. The first-order valence-electron chi connectivity index (χ1n) is 7.14. The zero-order chi connectivity index (χ0) is 14.0. The molecule has 0 radical (unpaired) electrons. The van der Waals surface area contributed by atoms with Crippen LogP contribution in [-0.4, -0.2) is 24.0 Å². The second kappa shape index (κ2) is 5.94. The molecule has 2 atom stereocenters. The van der Waals surface area contributed by atoms with E-state index >= 15 is 0 Å². The minimum atomic E-state index is 0.149. The number of hydrogen-bond acceptors (Lipinski definition) is 2. The zero-order valence-corrected chi connectivity index (χ0v) is 13.8. The van der Waals surface area contributed by atoms with Crippen molar-refractivity contribution >= 4 is 15.9 Å². The summed E-state index contributed by atoms with van der Waals surface area (Å²) in [6.45, 7) is 9.14. The molecule has 1 aromatic carbocycles. The van der Waals surface area contributed by atoms with Gasteiger partial charge < -0.3 is 5.73 Å². The highest BCUT2D eigenvalue weighted by Gasteiger charge is 2.31. The molecule has 1 aliphatic heterocycles. The maximum Gasteiger partial charge on any atom is 0.0496 e. The van der Waals surface area contributed by atoms with Crippen molar-refractivity contribution in [2.75, 3.05) is 13.1 Å². The van der Waals surface area contributed by atoms with Crippen molar-refractivity contribution in [3.8, 4) is 0 Å². The number of hydrogen-bond donors (Lipinski definition) is 1. The summed E-state index contributed by atoms with van der Waals surface area (Å²) >= 11 is 3.56. The Hall–Kier alpha value is -0.380. The summed E-state index contributed by atoms with van der Waals surface area (Å²) in [7, 11) is 0. The minimum absolute atomic E-state index is 0.149. The number of nitrogens with two attached hydrogens (primary N) is 1. The Morgan fingerprint density at radius 1 is 1.26 bits per heavy atom. The van der Waals surface area contributed by atoms with Crippen LogP contribution in [0.2, 0.25) is 0 Å². The van der Waals surface area contributed by atoms with E-state index in [2.05, 4.69) is 65.9 Å². The summed E-state index contributed by atoms with van der Waals surface area (Å²) in [4.78, 5) is 2.55. The summed E-state index contributed by atoms with van der Waals surface area (Å²) in [5.41, 5.74) is 8.07. The van der Waals surface area contributed by atoms with E-state index in [9.17, 15) is 0 Å². The Labute approximate surface area is 125 Å². The SMILES string of the molecule is CC(N)C(c1cccc(Br)c1)N1CCC(C)(C)CC1. The Balaban J connectivity index is 2.18. The molecule has 106 valence electrons. The van der Waals surface area contributed by atoms with Crippen molar-refractivity contribution in [1.82, 2.24) is 4.90 Å². The molecule has 1 aliphatic rings. The molecule has 2 rings (SSSR count). The predicted molar refractivity (Wildman–Crippen MR) is 85.1 cm³/mol. The van der Waals surface area contributed by atoms with Crippen LogP contribution in [0.15, 0.2) is 28.7 Å². The van der Waals surface area contributed by atoms with Crippen LogP contribution >= 0.6 is 15.9 Å². The second-order valence-corrected chi connectivity index (χ2v) is 7.47. The van der Waals surface area contributed by atoms with Crippen LogP contribution in [0.5, 0.6) is 0 Å². The summed E-state index contributed by atoms with van der Waals surface area (Å²) in [6.07, 6.45) is 2.51. The summed E-state index contributed by atoms with van der Waals surface area (Å²) in [6, 6.07) is 9.04. The molecule has 1 fully saturated rings. The predicted octanol–water partition coefficient (Wildman–Crippen LogP) is 3.96. The molecule has 2 nitrogen and oxygen atoms in total. The fourth-order valence-corrected chi connectivity index (χ4v) is 3.36. The second-order valence-electron chi connectivity index (χ2n) is 6.56. The summed E-state index contributed by atoms with van der Waals surface area (Å²) in [5, 5.41) is 0. The van der Waals surface area contributed by atoms with Gasteiger partial charge in [-0.05, 0) is 56.0 Å². The van der Waals surface area contributed by atoms with Gasteiger partial charge in [0.25, 0.3) is 0 Å². The van der Waals surface area contributed by atoms with Crippen LogP contribution in [0.4, 0.5) is 0 Å². The fraction of sp³-hybridized carbons (Fsp3) is 0.625. The molecular weight excluding hydrogens is 300 g/mol. The molecular formula is C16H25BrN2. The Morgan fingerprint density at radius 2 is 1.89 bits per heavy atom. The largest absolute Gasteiger partial charge is 0.326 e. The number of benzene rings is 1. The van der Waals surface area contributed by atoms with Crippen molar-refractivity contribution < 1.29 is 0 Å². The number of rotatable bonds is 3. The Kier molecular flexibility index (Phi) is 4.70. The highest BCUT2D eigenvalue weighted by atomic mass is 79.9. The minimum Gasteiger partial charge on any atom is -0.326 e. The van der Waals surface area contributed by atoms with E-state index in [4.69, 9.17) is 5.73 Å². The standard InChI is InChI=1S/C16H25BrN2/c1-12(18)15(13-5-4-6-14(17)11-13)19-9-7-16(2,3)8-10-19/h4-6,11-12,15H,7-10,18H2,1-3H3. The maximum absolute atomic E-state index is 6.26. The third-order valence-corrected chi connectivity index (χ3v) is 4.73. The summed E-state index contributed by atoms with van der Waals surface area (Å²) in [5.74, 6) is 0. The molecule has 1 heterocycles. The topological polar surface area (TPSA) is 29.3 Å². The van der Waals surface area contributed by atoms with Gasteiger partial charge >= 0.3 is 0 Å². The summed E-state index contributed by atoms with van der Waals surface area (Å²) < 4.78 is 1.13. The molecule has 2 unspecified atom stereocenters. The van der Waals surface area contributed by atoms with Crippen LogP contribution in [0, 0.1) is 5.41 Å². The van der Waals surface area contributed by atoms with Crippen molar-refractivity contribution in [3.63, 3.8) is 0 Å². The third kappa shape index (κ3) is 3.80. The van der Waals surface area contributed by atoms with Crippen LogP contribution in [0.1, 0.15) is 45.2 Å². The number of nitrogens with zero attached hydrogens (tertiary/aromatic N) is 1. The lowest BCUT2D eigenvalue weighted by Crippen LogP contribution is -2.45. The maximum atomic E-state index is 6.26. The van der Waals surface area contributed by atoms with Gasteiger partial charge in [-0.1, -0.05) is 41.9 Å². The lowest BCUT2D eigenvalue weighted by Gasteiger charge is -2.42. The Morgan fingerprint density at radius 3 is 2.42 bits per heavy atom. The van der Waals surface area contributed by atoms with Crippen molar-refractivity contribution in [2.45, 2.75) is 45.7 Å². The average molecular weight is 325 g/mol. The van der Waals surface area contributed by atoms with E-state index < -0.39 is 0 Å². The molecule has 19 heavy (non-hydrogen) atoms. The molecule has 0 aromatic heterocycles. The van der Waals surface area contributed by atoms with Crippen LogP contribution in [0.3, 0.4) is 0 Å². The van der Waals surface area contributed by atoms with E-state index in [-0.39, 0.29) is 6.04 Å². The van der Waals surface area contributed by atoms with Crippen LogP contribution in [0.25, 0.3) is 0 Å². The van der Waals surface area contributed by atoms with Gasteiger partial charge in [0.15, 0.2) is 0 Å². The van der Waals surface area contributed by atoms with Crippen LogP contribution in [-0.2, 0) is 0 Å². The van der Waals surface area contributed by atoms with Crippen molar-refractivity contribution in [1.29, 1.82) is 0 Å². The molecule has 1 aromatic rings. The van der Waals surface area contributed by atoms with Crippen molar-refractivity contribution in [2.24, 2.45) is 11.1 Å². The monoisotopic (exact) mass is 324 g/mol. The highest BCUT2D eigenvalue weighted by Crippen LogP contribution is 2.35. The van der Waals surface area contributed by atoms with Gasteiger partial charge in [-0.25, -0.2) is 0 Å². The first kappa shape index (κ1) is 15.0. The first-order chi connectivity index (χ1) is 8.89. The fourth-order valence-electron chi connectivity index (χ4n) is 2.94. The zero-order valence-electron chi connectivity index (χ0n) is 12.2. The number of halogens is 1. The number of piperidine rings is 1. The molecule has 0 saturated carbocycles. The van der Waals surface area contributed by atoms with E-state index in [1.165, 1.54) is 18.4 Å². The molecule has 2 N–H and O–H groups in total. The third-order valence-electron chi connectivity index (χ3n) is 4.23. The van der Waals surface area contributed by atoms with Gasteiger partial charge in [-0.2, -0.15) is 0 Å². The van der Waals surface area contributed by atoms with Crippen LogP contribution < -0.4 is 5.73 Å². The lowest BCUT2D eigenvalue weighted by molar-refractivity contribution is 0.0841. The van der Waals surface area contributed by atoms with E-state index in [0.29, 0.717) is 11.5 Å². The van der Waals surface area contributed by atoms with Gasteiger partial charge in [0.1, 0.15) is 0 Å². The van der Waals surface area contributed by atoms with Gasteiger partial charge in [0.05, 0.1) is 0 Å². The first-order valence-corrected chi connectivity index (χ1v) is 7.93. The smallest absolute Gasteiger partial charge is 0.0496 e. The molecule has 0 spiro atoms. The highest BCUT2D eigenvalue weighted by molar-refractivity contribution is 9.10. The van der Waals surface area contributed by atoms with Gasteiger partial charge in [-0.15, -0.1) is 0 Å². The van der Waals surface area contributed by atoms with Gasteiger partial charge in [0.2, 0.25) is 0 Å². The molecule has 1 saturated heterocycles. The number of likely N-dealkylation sites (tertiary alicyclic amines) is 1. The van der Waals surface area contributed by atoms with E-state index in [1.54, 1.807) is 0 Å². The normalized spacial score (nSPS) is 23.0. The Bertz CT molecular complexity index is 419. The van der Waals surface area contributed by atoms with E-state index in [0.717, 1.165) is 17.6 Å². The van der Waals surface area contributed by atoms with Gasteiger partial charge in [0, 0.05) is 16.6 Å². The lowest BCUT2D eigenvalue weighted by atomic mass is 9.81. The van der Waals surface area contributed by atoms with Gasteiger partial charge in [-0.3, -0.25) is 4.90 Å². The molecule has 0 bridgehead atoms.